The van der Waals surface area contributed by atoms with Crippen LogP contribution in [0.1, 0.15) is 0 Å². The molecular weight excluding hydrogens is 158 g/mol. The highest BCUT2D eigenvalue weighted by Gasteiger charge is 2.10. The van der Waals surface area contributed by atoms with E-state index in [0.717, 1.165) is 0 Å². The predicted molar refractivity (Wildman–Crippen MR) is 32.4 cm³/mol. The molecule has 1 aliphatic heterocycles. The summed E-state index contributed by atoms with van der Waals surface area (Å²) in [6, 6.07) is 0. The SMILES string of the molecule is O=S([O-])ON1CCOCC1. The molecule has 0 aliphatic carbocycles. The Labute approximate surface area is 61.4 Å². The summed E-state index contributed by atoms with van der Waals surface area (Å²) >= 11 is -2.44. The van der Waals surface area contributed by atoms with E-state index in [0.29, 0.717) is 26.3 Å². The molecule has 1 fully saturated rings. The van der Waals surface area contributed by atoms with Gasteiger partial charge in [0.25, 0.3) is 0 Å². The topological polar surface area (TPSA) is 61.8 Å². The summed E-state index contributed by atoms with van der Waals surface area (Å²) in [6.07, 6.45) is 0. The number of rotatable bonds is 2. The van der Waals surface area contributed by atoms with Gasteiger partial charge in [-0.05, 0) is 0 Å². The minimum atomic E-state index is -2.44. The highest BCUT2D eigenvalue weighted by Crippen LogP contribution is 1.97. The minimum Gasteiger partial charge on any atom is -0.748 e. The summed E-state index contributed by atoms with van der Waals surface area (Å²) in [5, 5.41) is 1.35. The molecule has 6 heteroatoms. The average Bonchev–Trinajstić information content (AvgIpc) is 1.88. The zero-order valence-electron chi connectivity index (χ0n) is 5.32. The molecule has 5 nitrogen and oxygen atoms in total. The zero-order chi connectivity index (χ0) is 7.40. The van der Waals surface area contributed by atoms with E-state index in [-0.39, 0.29) is 0 Å². The Morgan fingerprint density at radius 2 is 2.10 bits per heavy atom. The van der Waals surface area contributed by atoms with Crippen LogP contribution in [0.5, 0.6) is 0 Å². The summed E-state index contributed by atoms with van der Waals surface area (Å²) in [7, 11) is 0. The number of nitrogens with zero attached hydrogens (tertiary/aromatic N) is 1. The highest BCUT2D eigenvalue weighted by molar-refractivity contribution is 7.74. The first kappa shape index (κ1) is 8.09. The van der Waals surface area contributed by atoms with Gasteiger partial charge in [0.2, 0.25) is 0 Å². The van der Waals surface area contributed by atoms with Crippen molar-refractivity contribution in [3.05, 3.63) is 0 Å². The summed E-state index contributed by atoms with van der Waals surface area (Å²) < 4.78 is 29.2. The lowest BCUT2D eigenvalue weighted by atomic mass is 10.5. The molecule has 60 valence electrons. The number of morpholine rings is 1. The molecule has 1 heterocycles. The number of ether oxygens (including phenoxy) is 1. The van der Waals surface area contributed by atoms with Crippen molar-refractivity contribution in [1.82, 2.24) is 5.06 Å². The maximum absolute atomic E-state index is 9.96. The van der Waals surface area contributed by atoms with Crippen LogP contribution in [0.15, 0.2) is 0 Å². The third-order valence-electron chi connectivity index (χ3n) is 1.14. The van der Waals surface area contributed by atoms with Crippen molar-refractivity contribution >= 4 is 11.4 Å². The molecule has 0 aromatic carbocycles. The molecule has 0 N–H and O–H groups in total. The van der Waals surface area contributed by atoms with Crippen molar-refractivity contribution in [1.29, 1.82) is 0 Å². The Hall–Kier alpha value is -0.0100. The number of hydrogen-bond donors (Lipinski definition) is 0. The Bertz CT molecular complexity index is 124. The van der Waals surface area contributed by atoms with Gasteiger partial charge in [0.15, 0.2) is 0 Å². The van der Waals surface area contributed by atoms with Crippen LogP contribution in [-0.2, 0) is 20.4 Å². The Balaban J connectivity index is 2.19. The van der Waals surface area contributed by atoms with Gasteiger partial charge in [0.05, 0.1) is 13.2 Å². The minimum absolute atomic E-state index is 0.508. The number of hydroxylamine groups is 2. The first-order chi connectivity index (χ1) is 4.79. The molecule has 0 radical (unpaired) electrons. The fraction of sp³-hybridized carbons (Fsp3) is 1.00. The van der Waals surface area contributed by atoms with Crippen molar-refractivity contribution in [2.24, 2.45) is 0 Å². The maximum atomic E-state index is 9.96. The van der Waals surface area contributed by atoms with Gasteiger partial charge in [-0.15, -0.1) is 0 Å². The molecule has 10 heavy (non-hydrogen) atoms. The molecule has 0 aromatic heterocycles. The predicted octanol–water partition coefficient (Wildman–Crippen LogP) is -0.956. The molecule has 1 atom stereocenters. The fourth-order valence-electron chi connectivity index (χ4n) is 0.707. The van der Waals surface area contributed by atoms with Gasteiger partial charge in [0.1, 0.15) is 11.4 Å². The Morgan fingerprint density at radius 3 is 2.60 bits per heavy atom. The summed E-state index contributed by atoms with van der Waals surface area (Å²) in [5.74, 6) is 0. The molecule has 1 unspecified atom stereocenters. The van der Waals surface area contributed by atoms with E-state index in [1.807, 2.05) is 0 Å². The van der Waals surface area contributed by atoms with Crippen LogP contribution in [-0.4, -0.2) is 40.1 Å². The van der Waals surface area contributed by atoms with Gasteiger partial charge >= 0.3 is 0 Å². The third-order valence-corrected chi connectivity index (χ3v) is 1.47. The standard InChI is InChI=1S/C4H9NO4S/c6-10(7)9-5-1-3-8-4-2-5/h1-4H2,(H,6,7)/p-1. The molecule has 0 saturated carbocycles. The lowest BCUT2D eigenvalue weighted by Crippen LogP contribution is -2.36. The Kier molecular flexibility index (Phi) is 3.23. The van der Waals surface area contributed by atoms with Crippen LogP contribution in [0, 0.1) is 0 Å². The summed E-state index contributed by atoms with van der Waals surface area (Å²) in [5.41, 5.74) is 0. The Morgan fingerprint density at radius 1 is 1.50 bits per heavy atom. The van der Waals surface area contributed by atoms with Crippen molar-refractivity contribution in [2.45, 2.75) is 0 Å². The largest absolute Gasteiger partial charge is 0.748 e. The highest BCUT2D eigenvalue weighted by atomic mass is 32.2. The average molecular weight is 166 g/mol. The van der Waals surface area contributed by atoms with Gasteiger partial charge in [-0.25, -0.2) is 8.49 Å². The normalized spacial score (nSPS) is 24.5. The van der Waals surface area contributed by atoms with Crippen LogP contribution in [0.2, 0.25) is 0 Å². The van der Waals surface area contributed by atoms with Gasteiger partial charge in [-0.2, -0.15) is 5.06 Å². The van der Waals surface area contributed by atoms with Crippen LogP contribution >= 0.6 is 0 Å². The summed E-state index contributed by atoms with van der Waals surface area (Å²) in [4.78, 5) is 0. The third kappa shape index (κ3) is 2.72. The second kappa shape index (κ2) is 3.99. The van der Waals surface area contributed by atoms with Crippen LogP contribution in [0.25, 0.3) is 0 Å². The quantitative estimate of drug-likeness (QED) is 0.495. The molecule has 0 spiro atoms. The first-order valence-corrected chi connectivity index (χ1v) is 3.89. The van der Waals surface area contributed by atoms with E-state index < -0.39 is 11.4 Å². The van der Waals surface area contributed by atoms with Gasteiger partial charge in [-0.1, -0.05) is 0 Å². The fourth-order valence-corrected chi connectivity index (χ4v) is 1.03. The van der Waals surface area contributed by atoms with Gasteiger partial charge in [-0.3, -0.25) is 0 Å². The van der Waals surface area contributed by atoms with Crippen molar-refractivity contribution in [2.75, 3.05) is 26.3 Å². The van der Waals surface area contributed by atoms with E-state index in [4.69, 9.17) is 4.74 Å². The lowest BCUT2D eigenvalue weighted by molar-refractivity contribution is -0.114. The van der Waals surface area contributed by atoms with E-state index in [1.54, 1.807) is 0 Å². The molecule has 0 amide bonds. The smallest absolute Gasteiger partial charge is 0.106 e. The molecule has 1 aliphatic rings. The lowest BCUT2D eigenvalue weighted by Gasteiger charge is -2.25. The van der Waals surface area contributed by atoms with Crippen LogP contribution in [0.3, 0.4) is 0 Å². The summed E-state index contributed by atoms with van der Waals surface area (Å²) in [6.45, 7) is 2.07. The monoisotopic (exact) mass is 166 g/mol. The molecule has 0 bridgehead atoms. The van der Waals surface area contributed by atoms with Gasteiger partial charge < -0.3 is 9.29 Å². The van der Waals surface area contributed by atoms with Crippen molar-refractivity contribution < 1.29 is 17.8 Å². The van der Waals surface area contributed by atoms with E-state index in [9.17, 15) is 8.76 Å². The zero-order valence-corrected chi connectivity index (χ0v) is 6.13. The first-order valence-electron chi connectivity index (χ1n) is 2.89. The molecule has 1 rings (SSSR count). The van der Waals surface area contributed by atoms with E-state index in [1.165, 1.54) is 5.06 Å². The van der Waals surface area contributed by atoms with Crippen LogP contribution < -0.4 is 0 Å². The van der Waals surface area contributed by atoms with Crippen molar-refractivity contribution in [3.8, 4) is 0 Å². The van der Waals surface area contributed by atoms with E-state index in [2.05, 4.69) is 4.28 Å². The van der Waals surface area contributed by atoms with E-state index >= 15 is 0 Å². The second-order valence-corrected chi connectivity index (χ2v) is 2.38. The second-order valence-electron chi connectivity index (χ2n) is 1.82. The molecule has 0 aromatic rings. The molecular formula is C4H8NO4S-. The number of hydrogen-bond acceptors (Lipinski definition) is 5. The van der Waals surface area contributed by atoms with Crippen LogP contribution in [0.4, 0.5) is 0 Å². The van der Waals surface area contributed by atoms with Crippen molar-refractivity contribution in [3.63, 3.8) is 0 Å². The van der Waals surface area contributed by atoms with Gasteiger partial charge in [0, 0.05) is 13.1 Å². The molecule has 1 saturated heterocycles. The maximum Gasteiger partial charge on any atom is 0.106 e.